The number of hydrogen-bond donors (Lipinski definition) is 1. The first kappa shape index (κ1) is 21.0. The van der Waals surface area contributed by atoms with Crippen LogP contribution in [0.5, 0.6) is 0 Å². The fraction of sp³-hybridized carbons (Fsp3) is 0.125. The third-order valence-corrected chi connectivity index (χ3v) is 6.22. The standard InChI is InChI=1S/C24H20ClN3O2S/c1-14-6-11-19(13-15(14)2)28-23(26-24(30)20-5-4-12-31-20)21(22(29)16(3)27-28)17-7-9-18(25)10-8-17/h4-13H,1-3H3,(H,26,30). The first-order valence-electron chi connectivity index (χ1n) is 9.67. The maximum absolute atomic E-state index is 13.2. The van der Waals surface area contributed by atoms with Crippen LogP contribution in [-0.4, -0.2) is 15.7 Å². The lowest BCUT2D eigenvalue weighted by Crippen LogP contribution is -2.24. The van der Waals surface area contributed by atoms with Gasteiger partial charge < -0.3 is 5.32 Å². The van der Waals surface area contributed by atoms with E-state index in [0.717, 1.165) is 16.8 Å². The normalized spacial score (nSPS) is 10.8. The number of aryl methyl sites for hydroxylation is 3. The Balaban J connectivity index is 1.99. The largest absolute Gasteiger partial charge is 0.305 e. The van der Waals surface area contributed by atoms with Crippen LogP contribution in [0.2, 0.25) is 5.02 Å². The van der Waals surface area contributed by atoms with Crippen molar-refractivity contribution in [3.05, 3.63) is 96.9 Å². The molecule has 0 aliphatic carbocycles. The molecular weight excluding hydrogens is 430 g/mol. The van der Waals surface area contributed by atoms with E-state index in [1.165, 1.54) is 11.3 Å². The third kappa shape index (κ3) is 4.17. The van der Waals surface area contributed by atoms with Gasteiger partial charge in [-0.1, -0.05) is 35.9 Å². The fourth-order valence-electron chi connectivity index (χ4n) is 3.26. The summed E-state index contributed by atoms with van der Waals surface area (Å²) in [5.41, 5.74) is 4.08. The predicted octanol–water partition coefficient (Wildman–Crippen LogP) is 5.79. The van der Waals surface area contributed by atoms with E-state index in [1.54, 1.807) is 41.9 Å². The van der Waals surface area contributed by atoms with Crippen LogP contribution in [-0.2, 0) is 0 Å². The molecule has 1 amide bonds. The maximum Gasteiger partial charge on any atom is 0.266 e. The molecule has 0 atom stereocenters. The lowest BCUT2D eigenvalue weighted by molar-refractivity contribution is 0.102. The molecule has 0 aliphatic rings. The number of halogens is 1. The summed E-state index contributed by atoms with van der Waals surface area (Å²) in [5, 5.41) is 9.85. The van der Waals surface area contributed by atoms with Crippen LogP contribution in [0.15, 0.2) is 64.8 Å². The van der Waals surface area contributed by atoms with Crippen molar-refractivity contribution in [3.8, 4) is 16.8 Å². The number of benzene rings is 2. The Morgan fingerprint density at radius 1 is 1.03 bits per heavy atom. The van der Waals surface area contributed by atoms with Gasteiger partial charge in [0.05, 0.1) is 16.1 Å². The van der Waals surface area contributed by atoms with Crippen LogP contribution in [0.1, 0.15) is 26.5 Å². The summed E-state index contributed by atoms with van der Waals surface area (Å²) in [6.07, 6.45) is 0. The number of hydrogen-bond acceptors (Lipinski definition) is 4. The summed E-state index contributed by atoms with van der Waals surface area (Å²) in [6, 6.07) is 16.4. The zero-order chi connectivity index (χ0) is 22.1. The molecule has 0 saturated heterocycles. The quantitative estimate of drug-likeness (QED) is 0.428. The number of carbonyl (C=O) groups excluding carboxylic acids is 1. The van der Waals surface area contributed by atoms with Crippen LogP contribution >= 0.6 is 22.9 Å². The van der Waals surface area contributed by atoms with Crippen molar-refractivity contribution in [2.24, 2.45) is 0 Å². The molecule has 2 aromatic heterocycles. The zero-order valence-corrected chi connectivity index (χ0v) is 18.8. The number of amides is 1. The predicted molar refractivity (Wildman–Crippen MR) is 127 cm³/mol. The van der Waals surface area contributed by atoms with Gasteiger partial charge in [0.1, 0.15) is 11.5 Å². The highest BCUT2D eigenvalue weighted by Crippen LogP contribution is 2.29. The number of thiophene rings is 1. The second-order valence-electron chi connectivity index (χ2n) is 7.26. The van der Waals surface area contributed by atoms with Crippen molar-refractivity contribution < 1.29 is 4.79 Å². The molecule has 2 heterocycles. The molecule has 4 rings (SSSR count). The number of anilines is 1. The first-order chi connectivity index (χ1) is 14.8. The summed E-state index contributed by atoms with van der Waals surface area (Å²) >= 11 is 7.39. The number of carbonyl (C=O) groups is 1. The van der Waals surface area contributed by atoms with Crippen molar-refractivity contribution >= 4 is 34.7 Å². The van der Waals surface area contributed by atoms with E-state index in [-0.39, 0.29) is 11.3 Å². The molecule has 1 N–H and O–H groups in total. The lowest BCUT2D eigenvalue weighted by Gasteiger charge is -2.19. The Kier molecular flexibility index (Phi) is 5.76. The van der Waals surface area contributed by atoms with Crippen molar-refractivity contribution in [2.45, 2.75) is 20.8 Å². The molecule has 0 radical (unpaired) electrons. The number of nitrogens with zero attached hydrogens (tertiary/aromatic N) is 2. The Morgan fingerprint density at radius 3 is 2.42 bits per heavy atom. The molecule has 7 heteroatoms. The van der Waals surface area contributed by atoms with E-state index in [1.807, 2.05) is 43.5 Å². The topological polar surface area (TPSA) is 64.0 Å². The number of rotatable bonds is 4. The van der Waals surface area contributed by atoms with Crippen molar-refractivity contribution in [3.63, 3.8) is 0 Å². The molecule has 4 aromatic rings. The minimum atomic E-state index is -0.298. The van der Waals surface area contributed by atoms with E-state index in [2.05, 4.69) is 10.4 Å². The van der Waals surface area contributed by atoms with Crippen molar-refractivity contribution in [2.75, 3.05) is 5.32 Å². The zero-order valence-electron chi connectivity index (χ0n) is 17.3. The van der Waals surface area contributed by atoms with Gasteiger partial charge in [-0.05, 0) is 73.2 Å². The summed E-state index contributed by atoms with van der Waals surface area (Å²) in [5.74, 6) is 0.0208. The van der Waals surface area contributed by atoms with Gasteiger partial charge in [-0.3, -0.25) is 9.59 Å². The van der Waals surface area contributed by atoms with Crippen LogP contribution < -0.4 is 10.7 Å². The minimum absolute atomic E-state index is 0.246. The highest BCUT2D eigenvalue weighted by atomic mass is 35.5. The highest BCUT2D eigenvalue weighted by molar-refractivity contribution is 7.12. The van der Waals surface area contributed by atoms with Crippen LogP contribution in [0.4, 0.5) is 5.82 Å². The second-order valence-corrected chi connectivity index (χ2v) is 8.64. The van der Waals surface area contributed by atoms with Crippen LogP contribution in [0.25, 0.3) is 16.8 Å². The van der Waals surface area contributed by atoms with Gasteiger partial charge in [-0.2, -0.15) is 5.10 Å². The Bertz CT molecular complexity index is 1330. The summed E-state index contributed by atoms with van der Waals surface area (Å²) in [6.45, 7) is 5.71. The fourth-order valence-corrected chi connectivity index (χ4v) is 4.01. The molecule has 0 aliphatic heterocycles. The maximum atomic E-state index is 13.2. The van der Waals surface area contributed by atoms with E-state index in [9.17, 15) is 9.59 Å². The summed E-state index contributed by atoms with van der Waals surface area (Å²) < 4.78 is 1.62. The van der Waals surface area contributed by atoms with E-state index < -0.39 is 0 Å². The van der Waals surface area contributed by atoms with E-state index in [4.69, 9.17) is 11.6 Å². The van der Waals surface area contributed by atoms with Crippen molar-refractivity contribution in [1.82, 2.24) is 9.78 Å². The lowest BCUT2D eigenvalue weighted by atomic mass is 10.0. The summed E-state index contributed by atoms with van der Waals surface area (Å²) in [7, 11) is 0. The molecule has 0 saturated carbocycles. The molecule has 0 spiro atoms. The SMILES string of the molecule is Cc1ccc(-n2nc(C)c(=O)c(-c3ccc(Cl)cc3)c2NC(=O)c2cccs2)cc1C. The highest BCUT2D eigenvalue weighted by Gasteiger charge is 2.21. The van der Waals surface area contributed by atoms with Gasteiger partial charge in [0.25, 0.3) is 5.91 Å². The smallest absolute Gasteiger partial charge is 0.266 e. The molecule has 0 bridgehead atoms. The van der Waals surface area contributed by atoms with Gasteiger partial charge in [0, 0.05) is 5.02 Å². The van der Waals surface area contributed by atoms with Crippen LogP contribution in [0, 0.1) is 20.8 Å². The number of nitrogens with one attached hydrogen (secondary N) is 1. The average Bonchev–Trinajstić information content (AvgIpc) is 3.29. The van der Waals surface area contributed by atoms with E-state index in [0.29, 0.717) is 32.5 Å². The Labute approximate surface area is 188 Å². The third-order valence-electron chi connectivity index (χ3n) is 5.10. The van der Waals surface area contributed by atoms with Gasteiger partial charge in [-0.15, -0.1) is 11.3 Å². The van der Waals surface area contributed by atoms with Gasteiger partial charge in [0.15, 0.2) is 0 Å². The van der Waals surface area contributed by atoms with Gasteiger partial charge in [0.2, 0.25) is 5.43 Å². The Hall–Kier alpha value is -3.22. The number of aromatic nitrogens is 2. The molecule has 2 aromatic carbocycles. The van der Waals surface area contributed by atoms with Gasteiger partial charge >= 0.3 is 0 Å². The monoisotopic (exact) mass is 449 g/mol. The first-order valence-corrected chi connectivity index (χ1v) is 10.9. The molecule has 0 fully saturated rings. The average molecular weight is 450 g/mol. The second kappa shape index (κ2) is 8.49. The molecular formula is C24H20ClN3O2S. The van der Waals surface area contributed by atoms with Gasteiger partial charge in [-0.25, -0.2) is 4.68 Å². The molecule has 0 unspecified atom stereocenters. The van der Waals surface area contributed by atoms with E-state index >= 15 is 0 Å². The summed E-state index contributed by atoms with van der Waals surface area (Å²) in [4.78, 5) is 26.7. The Morgan fingerprint density at radius 2 is 1.77 bits per heavy atom. The molecule has 5 nitrogen and oxygen atoms in total. The van der Waals surface area contributed by atoms with Crippen LogP contribution in [0.3, 0.4) is 0 Å². The molecule has 31 heavy (non-hydrogen) atoms. The molecule has 156 valence electrons. The van der Waals surface area contributed by atoms with Crippen molar-refractivity contribution in [1.29, 1.82) is 0 Å². The minimum Gasteiger partial charge on any atom is -0.305 e.